The van der Waals surface area contributed by atoms with Crippen molar-refractivity contribution in [3.05, 3.63) is 46.0 Å². The molecule has 0 aliphatic heterocycles. The van der Waals surface area contributed by atoms with E-state index in [-0.39, 0.29) is 5.82 Å². The maximum absolute atomic E-state index is 13.2. The highest BCUT2D eigenvalue weighted by Crippen LogP contribution is 2.26. The molecule has 1 aromatic heterocycles. The minimum atomic E-state index is -0.276. The maximum Gasteiger partial charge on any atom is 0.131 e. The van der Waals surface area contributed by atoms with Gasteiger partial charge in [0, 0.05) is 17.4 Å². The molecule has 0 aliphatic rings. The van der Waals surface area contributed by atoms with Crippen molar-refractivity contribution in [3.63, 3.8) is 0 Å². The number of nitrogens with zero attached hydrogens (tertiary/aromatic N) is 2. The lowest BCUT2D eigenvalue weighted by Gasteiger charge is -2.11. The van der Waals surface area contributed by atoms with E-state index < -0.39 is 0 Å². The topological polar surface area (TPSA) is 27.1 Å². The van der Waals surface area contributed by atoms with Crippen LogP contribution in [-0.2, 0) is 24.9 Å². The number of aryl methyl sites for hydroxylation is 2. The number of rotatable bonds is 6. The second-order valence-electron chi connectivity index (χ2n) is 4.55. The summed E-state index contributed by atoms with van der Waals surface area (Å²) in [5, 5.41) is 5.63. The van der Waals surface area contributed by atoms with Gasteiger partial charge in [0.05, 0.1) is 16.4 Å². The second-order valence-corrected chi connectivity index (χ2v) is 5.49. The van der Waals surface area contributed by atoms with Gasteiger partial charge in [-0.3, -0.25) is 4.68 Å². The monoisotopic (exact) mass is 374 g/mol. The molecule has 0 N–H and O–H groups in total. The van der Waals surface area contributed by atoms with Gasteiger partial charge in [0.15, 0.2) is 0 Å². The third kappa shape index (κ3) is 3.58. The van der Waals surface area contributed by atoms with Crippen molar-refractivity contribution >= 4 is 27.5 Å². The fraction of sp³-hybridized carbons (Fsp3) is 0.400. The zero-order chi connectivity index (χ0) is 15.4. The van der Waals surface area contributed by atoms with Crippen LogP contribution >= 0.6 is 27.5 Å². The summed E-state index contributed by atoms with van der Waals surface area (Å²) in [4.78, 5) is 0. The first-order valence-corrected chi connectivity index (χ1v) is 8.31. The van der Waals surface area contributed by atoms with Crippen LogP contribution in [-0.4, -0.2) is 9.78 Å². The molecule has 0 atom stereocenters. The molecule has 0 bridgehead atoms. The number of hydrogen-bond donors (Lipinski definition) is 0. The molecule has 0 saturated heterocycles. The van der Waals surface area contributed by atoms with Crippen LogP contribution in [0.2, 0.25) is 5.02 Å². The highest BCUT2D eigenvalue weighted by Gasteiger charge is 2.15. The Hall–Kier alpha value is -1.07. The molecular formula is C15H17BrClFN2O. The van der Waals surface area contributed by atoms with E-state index in [1.807, 2.05) is 18.5 Å². The molecule has 0 unspecified atom stereocenters. The Kier molecular flexibility index (Phi) is 5.65. The molecule has 21 heavy (non-hydrogen) atoms. The quantitative estimate of drug-likeness (QED) is 0.682. The highest BCUT2D eigenvalue weighted by atomic mass is 79.9. The minimum Gasteiger partial charge on any atom is -0.487 e. The average molecular weight is 376 g/mol. The van der Waals surface area contributed by atoms with E-state index in [9.17, 15) is 4.39 Å². The fourth-order valence-corrected chi connectivity index (χ4v) is 2.86. The lowest BCUT2D eigenvalue weighted by molar-refractivity contribution is 0.290. The van der Waals surface area contributed by atoms with Crippen LogP contribution in [0.5, 0.6) is 5.75 Å². The van der Waals surface area contributed by atoms with Gasteiger partial charge in [-0.05, 0) is 31.5 Å². The van der Waals surface area contributed by atoms with Crippen molar-refractivity contribution < 1.29 is 9.13 Å². The lowest BCUT2D eigenvalue weighted by Crippen LogP contribution is -2.07. The zero-order valence-electron chi connectivity index (χ0n) is 12.0. The Labute approximate surface area is 137 Å². The molecule has 1 heterocycles. The van der Waals surface area contributed by atoms with E-state index in [1.54, 1.807) is 6.07 Å². The fourth-order valence-electron chi connectivity index (χ4n) is 2.09. The largest absolute Gasteiger partial charge is 0.487 e. The van der Waals surface area contributed by atoms with E-state index in [0.29, 0.717) is 22.7 Å². The maximum atomic E-state index is 13.2. The predicted molar refractivity (Wildman–Crippen MR) is 85.7 cm³/mol. The Balaban J connectivity index is 2.22. The zero-order valence-corrected chi connectivity index (χ0v) is 14.3. The Morgan fingerprint density at radius 2 is 2.14 bits per heavy atom. The molecule has 2 rings (SSSR count). The number of halogens is 3. The number of aromatic nitrogens is 2. The molecule has 1 aromatic carbocycles. The summed E-state index contributed by atoms with van der Waals surface area (Å²) in [5.74, 6) is 0.368. The number of hydrogen-bond acceptors (Lipinski definition) is 2. The average Bonchev–Trinajstić information content (AvgIpc) is 2.81. The first kappa shape index (κ1) is 16.3. The summed E-state index contributed by atoms with van der Waals surface area (Å²) in [6.45, 7) is 5.06. The van der Waals surface area contributed by atoms with E-state index in [0.717, 1.165) is 29.9 Å². The van der Waals surface area contributed by atoms with Crippen molar-refractivity contribution in [1.82, 2.24) is 9.78 Å². The Morgan fingerprint density at radius 1 is 1.38 bits per heavy atom. The standard InChI is InChI=1S/C15H17BrClFN2O/c1-3-12-15(17)13(20(4-2)19-12)9-21-14-6-5-11(18)7-10(14)8-16/h5-7H,3-4,8-9H2,1-2H3. The third-order valence-electron chi connectivity index (χ3n) is 3.23. The van der Waals surface area contributed by atoms with Gasteiger partial charge in [-0.25, -0.2) is 4.39 Å². The summed E-state index contributed by atoms with van der Waals surface area (Å²) >= 11 is 9.68. The molecule has 114 valence electrons. The molecule has 0 spiro atoms. The van der Waals surface area contributed by atoms with Crippen LogP contribution in [0.15, 0.2) is 18.2 Å². The first-order chi connectivity index (χ1) is 10.1. The molecular weight excluding hydrogens is 359 g/mol. The van der Waals surface area contributed by atoms with E-state index in [1.165, 1.54) is 12.1 Å². The minimum absolute atomic E-state index is 0.276. The summed E-state index contributed by atoms with van der Waals surface area (Å²) in [5.41, 5.74) is 2.49. The predicted octanol–water partition coefficient (Wildman–Crippen LogP) is 4.73. The highest BCUT2D eigenvalue weighted by molar-refractivity contribution is 9.08. The van der Waals surface area contributed by atoms with Gasteiger partial charge >= 0.3 is 0 Å². The second kappa shape index (κ2) is 7.27. The van der Waals surface area contributed by atoms with E-state index in [2.05, 4.69) is 21.0 Å². The van der Waals surface area contributed by atoms with Gasteiger partial charge in [0.25, 0.3) is 0 Å². The van der Waals surface area contributed by atoms with Crippen LogP contribution in [0, 0.1) is 5.82 Å². The molecule has 0 aliphatic carbocycles. The van der Waals surface area contributed by atoms with Gasteiger partial charge in [0.1, 0.15) is 18.2 Å². The molecule has 0 saturated carbocycles. The van der Waals surface area contributed by atoms with Crippen molar-refractivity contribution in [1.29, 1.82) is 0 Å². The SMILES string of the molecule is CCc1nn(CC)c(COc2ccc(F)cc2CBr)c1Cl. The van der Waals surface area contributed by atoms with Gasteiger partial charge in [-0.1, -0.05) is 34.5 Å². The van der Waals surface area contributed by atoms with Crippen LogP contribution in [0.25, 0.3) is 0 Å². The Morgan fingerprint density at radius 3 is 2.76 bits per heavy atom. The van der Waals surface area contributed by atoms with Crippen molar-refractivity contribution in [2.75, 3.05) is 0 Å². The molecule has 6 heteroatoms. The lowest BCUT2D eigenvalue weighted by atomic mass is 10.2. The Bertz CT molecular complexity index is 630. The van der Waals surface area contributed by atoms with Crippen LogP contribution in [0.3, 0.4) is 0 Å². The number of alkyl halides is 1. The molecule has 3 nitrogen and oxygen atoms in total. The van der Waals surface area contributed by atoms with Crippen molar-refractivity contribution in [2.45, 2.75) is 38.8 Å². The molecule has 2 aromatic rings. The van der Waals surface area contributed by atoms with E-state index in [4.69, 9.17) is 16.3 Å². The van der Waals surface area contributed by atoms with Gasteiger partial charge in [-0.15, -0.1) is 0 Å². The summed E-state index contributed by atoms with van der Waals surface area (Å²) in [6, 6.07) is 4.48. The van der Waals surface area contributed by atoms with Gasteiger partial charge in [0.2, 0.25) is 0 Å². The van der Waals surface area contributed by atoms with Crippen LogP contribution < -0.4 is 4.74 Å². The van der Waals surface area contributed by atoms with Gasteiger partial charge < -0.3 is 4.74 Å². The molecule has 0 fully saturated rings. The third-order valence-corrected chi connectivity index (χ3v) is 4.27. The molecule has 0 radical (unpaired) electrons. The van der Waals surface area contributed by atoms with E-state index >= 15 is 0 Å². The number of ether oxygens (including phenoxy) is 1. The molecule has 0 amide bonds. The van der Waals surface area contributed by atoms with Crippen molar-refractivity contribution in [3.8, 4) is 5.75 Å². The van der Waals surface area contributed by atoms with Crippen LogP contribution in [0.1, 0.15) is 30.8 Å². The summed E-state index contributed by atoms with van der Waals surface area (Å²) < 4.78 is 20.9. The van der Waals surface area contributed by atoms with Crippen molar-refractivity contribution in [2.24, 2.45) is 0 Å². The first-order valence-electron chi connectivity index (χ1n) is 6.81. The smallest absolute Gasteiger partial charge is 0.131 e. The summed E-state index contributed by atoms with van der Waals surface area (Å²) in [6.07, 6.45) is 0.780. The number of benzene rings is 1. The van der Waals surface area contributed by atoms with Gasteiger partial charge in [-0.2, -0.15) is 5.10 Å². The van der Waals surface area contributed by atoms with Crippen LogP contribution in [0.4, 0.5) is 4.39 Å². The normalized spacial score (nSPS) is 10.9. The summed E-state index contributed by atoms with van der Waals surface area (Å²) in [7, 11) is 0.